The molecule has 0 bridgehead atoms. The fourth-order valence-electron chi connectivity index (χ4n) is 3.15. The van der Waals surface area contributed by atoms with E-state index in [9.17, 15) is 0 Å². The molecule has 1 fully saturated rings. The van der Waals surface area contributed by atoms with Gasteiger partial charge in [-0.2, -0.15) is 0 Å². The van der Waals surface area contributed by atoms with Crippen molar-refractivity contribution < 1.29 is 4.74 Å². The maximum atomic E-state index is 6.63. The van der Waals surface area contributed by atoms with Crippen LogP contribution >= 0.6 is 0 Å². The first-order valence-corrected chi connectivity index (χ1v) is 6.97. The summed E-state index contributed by atoms with van der Waals surface area (Å²) < 4.78 is 7.32. The molecule has 1 aromatic heterocycles. The summed E-state index contributed by atoms with van der Waals surface area (Å²) in [5, 5.41) is 7.98. The van der Waals surface area contributed by atoms with Gasteiger partial charge in [-0.05, 0) is 18.4 Å². The van der Waals surface area contributed by atoms with Crippen molar-refractivity contribution in [3.05, 3.63) is 47.8 Å². The van der Waals surface area contributed by atoms with Crippen molar-refractivity contribution in [3.63, 3.8) is 0 Å². The van der Waals surface area contributed by atoms with Crippen LogP contribution in [0.4, 0.5) is 0 Å². The predicted molar refractivity (Wildman–Crippen MR) is 76.1 cm³/mol. The number of rotatable bonds is 3. The third-order valence-corrected chi connectivity index (χ3v) is 4.40. The van der Waals surface area contributed by atoms with Crippen molar-refractivity contribution in [2.75, 3.05) is 13.2 Å². The lowest BCUT2D eigenvalue weighted by Gasteiger charge is -2.42. The van der Waals surface area contributed by atoms with Crippen molar-refractivity contribution in [1.82, 2.24) is 15.0 Å². The van der Waals surface area contributed by atoms with Gasteiger partial charge in [-0.1, -0.05) is 35.5 Å². The number of nitrogens with zero attached hydrogens (tertiary/aromatic N) is 3. The van der Waals surface area contributed by atoms with Gasteiger partial charge in [-0.25, -0.2) is 0 Å². The fourth-order valence-corrected chi connectivity index (χ4v) is 3.15. The highest BCUT2D eigenvalue weighted by Crippen LogP contribution is 2.43. The van der Waals surface area contributed by atoms with Gasteiger partial charge in [0.05, 0.1) is 17.9 Å². The first kappa shape index (κ1) is 13.3. The second-order valence-electron chi connectivity index (χ2n) is 5.39. The average Bonchev–Trinajstić information content (AvgIpc) is 2.94. The van der Waals surface area contributed by atoms with Crippen LogP contribution in [-0.4, -0.2) is 28.2 Å². The molecule has 0 saturated carbocycles. The lowest BCUT2D eigenvalue weighted by atomic mass is 9.68. The molecule has 2 heterocycles. The zero-order chi connectivity index (χ0) is 14.0. The van der Waals surface area contributed by atoms with Crippen molar-refractivity contribution in [1.29, 1.82) is 0 Å². The smallest absolute Gasteiger partial charge is 0.0760 e. The standard InChI is InChI=1S/C15H20N4O/c1-19-13(11-17-18-19)14(16)15(7-9-20-10-8-15)12-5-3-2-4-6-12/h2-6,11,14H,7-10,16H2,1H3. The van der Waals surface area contributed by atoms with Crippen LogP contribution in [0, 0.1) is 0 Å². The average molecular weight is 272 g/mol. The van der Waals surface area contributed by atoms with Crippen LogP contribution in [-0.2, 0) is 17.2 Å². The molecule has 2 N–H and O–H groups in total. The first-order chi connectivity index (χ1) is 9.74. The van der Waals surface area contributed by atoms with Gasteiger partial charge < -0.3 is 10.5 Å². The largest absolute Gasteiger partial charge is 0.381 e. The Balaban J connectivity index is 2.04. The summed E-state index contributed by atoms with van der Waals surface area (Å²) in [4.78, 5) is 0. The molecule has 5 nitrogen and oxygen atoms in total. The van der Waals surface area contributed by atoms with Gasteiger partial charge in [0.1, 0.15) is 0 Å². The molecular formula is C15H20N4O. The van der Waals surface area contributed by atoms with E-state index in [0.717, 1.165) is 31.7 Å². The molecule has 1 aliphatic rings. The monoisotopic (exact) mass is 272 g/mol. The molecule has 1 unspecified atom stereocenters. The van der Waals surface area contributed by atoms with E-state index in [1.165, 1.54) is 5.56 Å². The van der Waals surface area contributed by atoms with E-state index in [-0.39, 0.29) is 11.5 Å². The summed E-state index contributed by atoms with van der Waals surface area (Å²) in [5.41, 5.74) is 8.77. The van der Waals surface area contributed by atoms with Crippen LogP contribution < -0.4 is 5.73 Å². The Morgan fingerprint density at radius 3 is 2.55 bits per heavy atom. The summed E-state index contributed by atoms with van der Waals surface area (Å²) in [5.74, 6) is 0. The van der Waals surface area contributed by atoms with Gasteiger partial charge in [-0.3, -0.25) is 4.68 Å². The minimum Gasteiger partial charge on any atom is -0.381 e. The second kappa shape index (κ2) is 5.34. The van der Waals surface area contributed by atoms with Gasteiger partial charge in [0.25, 0.3) is 0 Å². The zero-order valence-corrected chi connectivity index (χ0v) is 11.7. The summed E-state index contributed by atoms with van der Waals surface area (Å²) in [6.07, 6.45) is 3.61. The minimum atomic E-state index is -0.131. The molecule has 5 heteroatoms. The number of aromatic nitrogens is 3. The van der Waals surface area contributed by atoms with Crippen molar-refractivity contribution in [2.45, 2.75) is 24.3 Å². The number of hydrogen-bond donors (Lipinski definition) is 1. The Bertz CT molecular complexity index is 560. The molecule has 0 radical (unpaired) electrons. The summed E-state index contributed by atoms with van der Waals surface area (Å²) in [6.45, 7) is 1.49. The third kappa shape index (κ3) is 2.13. The highest BCUT2D eigenvalue weighted by atomic mass is 16.5. The predicted octanol–water partition coefficient (Wildman–Crippen LogP) is 1.56. The van der Waals surface area contributed by atoms with Gasteiger partial charge in [-0.15, -0.1) is 5.10 Å². The SMILES string of the molecule is Cn1nncc1C(N)C1(c2ccccc2)CCOCC1. The van der Waals surface area contributed by atoms with Crippen LogP contribution in [0.15, 0.2) is 36.5 Å². The number of hydrogen-bond acceptors (Lipinski definition) is 4. The second-order valence-corrected chi connectivity index (χ2v) is 5.39. The van der Waals surface area contributed by atoms with E-state index in [0.29, 0.717) is 0 Å². The molecule has 106 valence electrons. The van der Waals surface area contributed by atoms with E-state index < -0.39 is 0 Å². The Hall–Kier alpha value is -1.72. The van der Waals surface area contributed by atoms with Crippen molar-refractivity contribution >= 4 is 0 Å². The van der Waals surface area contributed by atoms with Crippen LogP contribution in [0.5, 0.6) is 0 Å². The Morgan fingerprint density at radius 1 is 1.25 bits per heavy atom. The number of benzene rings is 1. The number of aryl methyl sites for hydroxylation is 1. The van der Waals surface area contributed by atoms with E-state index >= 15 is 0 Å². The quantitative estimate of drug-likeness (QED) is 0.921. The van der Waals surface area contributed by atoms with E-state index in [1.54, 1.807) is 10.9 Å². The topological polar surface area (TPSA) is 66.0 Å². The highest BCUT2D eigenvalue weighted by Gasteiger charge is 2.42. The maximum Gasteiger partial charge on any atom is 0.0760 e. The van der Waals surface area contributed by atoms with Gasteiger partial charge in [0, 0.05) is 25.7 Å². The molecule has 2 aromatic rings. The molecule has 1 aromatic carbocycles. The van der Waals surface area contributed by atoms with Crippen LogP contribution in [0.25, 0.3) is 0 Å². The summed E-state index contributed by atoms with van der Waals surface area (Å²) in [6, 6.07) is 10.4. The molecule has 20 heavy (non-hydrogen) atoms. The Morgan fingerprint density at radius 2 is 1.95 bits per heavy atom. The van der Waals surface area contributed by atoms with Gasteiger partial charge >= 0.3 is 0 Å². The Labute approximate surface area is 118 Å². The van der Waals surface area contributed by atoms with Crippen molar-refractivity contribution in [2.24, 2.45) is 12.8 Å². The summed E-state index contributed by atoms with van der Waals surface area (Å²) in [7, 11) is 1.89. The van der Waals surface area contributed by atoms with Gasteiger partial charge in [0.15, 0.2) is 0 Å². The zero-order valence-electron chi connectivity index (χ0n) is 11.7. The van der Waals surface area contributed by atoms with Crippen LogP contribution in [0.3, 0.4) is 0 Å². The van der Waals surface area contributed by atoms with E-state index in [4.69, 9.17) is 10.5 Å². The highest BCUT2D eigenvalue weighted by molar-refractivity contribution is 5.31. The molecule has 0 spiro atoms. The number of ether oxygens (including phenoxy) is 1. The normalized spacial score (nSPS) is 19.7. The van der Waals surface area contributed by atoms with Gasteiger partial charge in [0.2, 0.25) is 0 Å². The molecule has 1 atom stereocenters. The van der Waals surface area contributed by atoms with E-state index in [1.807, 2.05) is 13.1 Å². The first-order valence-electron chi connectivity index (χ1n) is 6.97. The molecule has 0 amide bonds. The third-order valence-electron chi connectivity index (χ3n) is 4.40. The number of nitrogens with two attached hydrogens (primary N) is 1. The lowest BCUT2D eigenvalue weighted by molar-refractivity contribution is 0.0387. The molecule has 3 rings (SSSR count). The Kier molecular flexibility index (Phi) is 3.54. The molecule has 1 aliphatic heterocycles. The van der Waals surface area contributed by atoms with Crippen LogP contribution in [0.2, 0.25) is 0 Å². The maximum absolute atomic E-state index is 6.63. The molecular weight excluding hydrogens is 252 g/mol. The van der Waals surface area contributed by atoms with Crippen molar-refractivity contribution in [3.8, 4) is 0 Å². The molecule has 1 saturated heterocycles. The van der Waals surface area contributed by atoms with Crippen LogP contribution in [0.1, 0.15) is 30.1 Å². The fraction of sp³-hybridized carbons (Fsp3) is 0.467. The minimum absolute atomic E-state index is 0.102. The van der Waals surface area contributed by atoms with E-state index in [2.05, 4.69) is 34.6 Å². The summed E-state index contributed by atoms with van der Waals surface area (Å²) >= 11 is 0. The molecule has 0 aliphatic carbocycles. The lowest BCUT2D eigenvalue weighted by Crippen LogP contribution is -2.44.